The predicted molar refractivity (Wildman–Crippen MR) is 86.4 cm³/mol. The molecular formula is C19H31Li. The summed E-state index contributed by atoms with van der Waals surface area (Å²) in [5.41, 5.74) is 2.64. The zero-order chi connectivity index (χ0) is 13.8. The van der Waals surface area contributed by atoms with Crippen molar-refractivity contribution in [3.63, 3.8) is 0 Å². The van der Waals surface area contributed by atoms with Crippen molar-refractivity contribution in [2.45, 2.75) is 77.6 Å². The molecule has 0 fully saturated rings. The van der Waals surface area contributed by atoms with E-state index >= 15 is 0 Å². The Balaban J connectivity index is 0.00000361. The Hall–Kier alpha value is -0.313. The summed E-state index contributed by atoms with van der Waals surface area (Å²) >= 11 is 0. The van der Waals surface area contributed by atoms with Crippen LogP contribution in [0, 0.1) is 6.92 Å². The van der Waals surface area contributed by atoms with E-state index in [4.69, 9.17) is 0 Å². The fourth-order valence-electron chi connectivity index (χ4n) is 2.60. The van der Waals surface area contributed by atoms with Crippen LogP contribution in [0.4, 0.5) is 0 Å². The fourth-order valence-corrected chi connectivity index (χ4v) is 2.60. The first kappa shape index (κ1) is 19.7. The molecule has 0 bridgehead atoms. The molecule has 20 heavy (non-hydrogen) atoms. The van der Waals surface area contributed by atoms with Crippen LogP contribution in [0.1, 0.15) is 82.3 Å². The normalized spacial score (nSPS) is 10.2. The number of aryl methyl sites for hydroxylation is 1. The zero-order valence-electron chi connectivity index (χ0n) is 13.8. The summed E-state index contributed by atoms with van der Waals surface area (Å²) in [7, 11) is 0. The molecule has 0 aliphatic rings. The van der Waals surface area contributed by atoms with E-state index in [1.54, 1.807) is 0 Å². The summed E-state index contributed by atoms with van der Waals surface area (Å²) in [5.74, 6) is 0. The monoisotopic (exact) mass is 266 g/mol. The van der Waals surface area contributed by atoms with Gasteiger partial charge in [-0.05, 0) is 0 Å². The second-order valence-corrected chi connectivity index (χ2v) is 5.70. The van der Waals surface area contributed by atoms with E-state index < -0.39 is 0 Å². The van der Waals surface area contributed by atoms with E-state index in [1.807, 2.05) is 0 Å². The van der Waals surface area contributed by atoms with Crippen LogP contribution in [-0.4, -0.2) is 0 Å². The number of unbranched alkanes of at least 4 members (excludes halogenated alkanes) is 9. The van der Waals surface area contributed by atoms with Gasteiger partial charge in [-0.3, -0.25) is 0 Å². The van der Waals surface area contributed by atoms with Crippen LogP contribution in [0.15, 0.2) is 24.3 Å². The molecule has 0 heterocycles. The van der Waals surface area contributed by atoms with Gasteiger partial charge in [0.2, 0.25) is 0 Å². The minimum Gasteiger partial charge on any atom is -0.198 e. The van der Waals surface area contributed by atoms with Crippen molar-refractivity contribution in [3.05, 3.63) is 42.3 Å². The molecule has 0 atom stereocenters. The van der Waals surface area contributed by atoms with Crippen molar-refractivity contribution in [1.29, 1.82) is 0 Å². The Morgan fingerprint density at radius 3 is 1.80 bits per heavy atom. The van der Waals surface area contributed by atoms with E-state index in [-0.39, 0.29) is 18.9 Å². The number of benzene rings is 1. The van der Waals surface area contributed by atoms with Crippen molar-refractivity contribution in [2.24, 2.45) is 0 Å². The molecule has 0 N–H and O–H groups in total. The minimum absolute atomic E-state index is 0. The third kappa shape index (κ3) is 9.57. The summed E-state index contributed by atoms with van der Waals surface area (Å²) < 4.78 is 0. The van der Waals surface area contributed by atoms with Gasteiger partial charge in [0.25, 0.3) is 0 Å². The first-order chi connectivity index (χ1) is 9.34. The molecular weight excluding hydrogens is 235 g/mol. The van der Waals surface area contributed by atoms with Crippen molar-refractivity contribution < 1.29 is 18.9 Å². The Morgan fingerprint density at radius 2 is 1.25 bits per heavy atom. The molecule has 0 saturated carbocycles. The third-order valence-electron chi connectivity index (χ3n) is 3.92. The molecule has 1 aromatic rings. The van der Waals surface area contributed by atoms with Gasteiger partial charge in [-0.1, -0.05) is 83.6 Å². The molecule has 0 aliphatic heterocycles. The summed E-state index contributed by atoms with van der Waals surface area (Å²) in [6.07, 6.45) is 15.3. The van der Waals surface area contributed by atoms with Crippen LogP contribution in [0.2, 0.25) is 0 Å². The maximum atomic E-state index is 4.08. The quantitative estimate of drug-likeness (QED) is 0.327. The molecule has 1 aromatic carbocycles. The van der Waals surface area contributed by atoms with Gasteiger partial charge < -0.3 is 0 Å². The molecule has 0 amide bonds. The van der Waals surface area contributed by atoms with E-state index in [0.717, 1.165) is 0 Å². The average molecular weight is 266 g/mol. The summed E-state index contributed by atoms with van der Waals surface area (Å²) in [5, 5.41) is 0. The third-order valence-corrected chi connectivity index (χ3v) is 3.92. The average Bonchev–Trinajstić information content (AvgIpc) is 2.43. The Kier molecular flexibility index (Phi) is 13.4. The van der Waals surface area contributed by atoms with Gasteiger partial charge in [0.1, 0.15) is 0 Å². The largest absolute Gasteiger partial charge is 1.00 e. The van der Waals surface area contributed by atoms with Gasteiger partial charge in [-0.15, -0.1) is 17.7 Å². The van der Waals surface area contributed by atoms with Crippen molar-refractivity contribution in [3.8, 4) is 0 Å². The molecule has 0 aromatic heterocycles. The van der Waals surface area contributed by atoms with Gasteiger partial charge >= 0.3 is 18.9 Å². The van der Waals surface area contributed by atoms with E-state index in [0.29, 0.717) is 0 Å². The van der Waals surface area contributed by atoms with Gasteiger partial charge in [0, 0.05) is 0 Å². The zero-order valence-corrected chi connectivity index (χ0v) is 13.8. The summed E-state index contributed by atoms with van der Waals surface area (Å²) in [6.45, 7) is 6.37. The minimum atomic E-state index is 0. The SMILES string of the molecule is [CH2-]c1ccccc1CCCCCCCCCCCC.[Li+]. The molecule has 0 nitrogen and oxygen atoms in total. The molecule has 1 heteroatoms. The second kappa shape index (κ2) is 13.7. The molecule has 108 valence electrons. The van der Waals surface area contributed by atoms with Gasteiger partial charge in [-0.25, -0.2) is 0 Å². The van der Waals surface area contributed by atoms with Crippen LogP contribution < -0.4 is 18.9 Å². The Morgan fingerprint density at radius 1 is 0.750 bits per heavy atom. The van der Waals surface area contributed by atoms with Crippen molar-refractivity contribution in [2.75, 3.05) is 0 Å². The van der Waals surface area contributed by atoms with Gasteiger partial charge in [-0.2, -0.15) is 18.6 Å². The summed E-state index contributed by atoms with van der Waals surface area (Å²) in [6, 6.07) is 8.53. The van der Waals surface area contributed by atoms with Crippen LogP contribution in [0.25, 0.3) is 0 Å². The van der Waals surface area contributed by atoms with Gasteiger partial charge in [0.15, 0.2) is 0 Å². The number of rotatable bonds is 11. The molecule has 0 unspecified atom stereocenters. The molecule has 0 spiro atoms. The molecule has 0 saturated heterocycles. The van der Waals surface area contributed by atoms with E-state index in [2.05, 4.69) is 38.1 Å². The molecule has 0 aliphatic carbocycles. The number of hydrogen-bond donors (Lipinski definition) is 0. The van der Waals surface area contributed by atoms with E-state index in [1.165, 1.54) is 81.8 Å². The molecule has 1 rings (SSSR count). The predicted octanol–water partition coefficient (Wildman–Crippen LogP) is 3.34. The first-order valence-electron chi connectivity index (χ1n) is 8.24. The standard InChI is InChI=1S/C19H31.Li/c1-3-4-5-6-7-8-9-10-11-12-16-19-17-14-13-15-18(19)2;/h13-15,17H,2-12,16H2,1H3;/q-1;+1. The Labute approximate surface area is 138 Å². The van der Waals surface area contributed by atoms with Crippen LogP contribution in [-0.2, 0) is 6.42 Å². The van der Waals surface area contributed by atoms with Crippen LogP contribution in [0.5, 0.6) is 0 Å². The van der Waals surface area contributed by atoms with Gasteiger partial charge in [0.05, 0.1) is 0 Å². The second-order valence-electron chi connectivity index (χ2n) is 5.70. The fraction of sp³-hybridized carbons (Fsp3) is 0.632. The van der Waals surface area contributed by atoms with Crippen molar-refractivity contribution in [1.82, 2.24) is 0 Å². The molecule has 0 radical (unpaired) electrons. The topological polar surface area (TPSA) is 0 Å². The smallest absolute Gasteiger partial charge is 0.198 e. The summed E-state index contributed by atoms with van der Waals surface area (Å²) in [4.78, 5) is 0. The van der Waals surface area contributed by atoms with Crippen LogP contribution >= 0.6 is 0 Å². The first-order valence-corrected chi connectivity index (χ1v) is 8.24. The van der Waals surface area contributed by atoms with Crippen molar-refractivity contribution >= 4 is 0 Å². The Bertz CT molecular complexity index is 319. The number of hydrogen-bond acceptors (Lipinski definition) is 0. The maximum Gasteiger partial charge on any atom is 1.00 e. The van der Waals surface area contributed by atoms with Crippen LogP contribution in [0.3, 0.4) is 0 Å². The maximum absolute atomic E-state index is 4.08. The van der Waals surface area contributed by atoms with E-state index in [9.17, 15) is 0 Å².